The van der Waals surface area contributed by atoms with Crippen LogP contribution < -0.4 is 5.32 Å². The molecule has 5 heteroatoms. The summed E-state index contributed by atoms with van der Waals surface area (Å²) in [5, 5.41) is 3.45. The molecule has 0 radical (unpaired) electrons. The van der Waals surface area contributed by atoms with Gasteiger partial charge in [0.2, 0.25) is 0 Å². The van der Waals surface area contributed by atoms with E-state index in [-0.39, 0.29) is 11.7 Å². The van der Waals surface area contributed by atoms with Crippen LogP contribution in [0.25, 0.3) is 10.9 Å². The fraction of sp³-hybridized carbons (Fsp3) is 0.526. The number of amides is 1. The molecule has 0 spiro atoms. The number of halogens is 2. The van der Waals surface area contributed by atoms with Gasteiger partial charge in [-0.2, -0.15) is 0 Å². The minimum Gasteiger partial charge on any atom is -0.352 e. The molecular weight excluding hydrogens is 371 g/mol. The summed E-state index contributed by atoms with van der Waals surface area (Å²) in [7, 11) is 0. The lowest BCUT2D eigenvalue weighted by molar-refractivity contribution is 0.0947. The minimum atomic E-state index is -0.355. The lowest BCUT2D eigenvalue weighted by Gasteiger charge is -2.14. The Morgan fingerprint density at radius 3 is 2.67 bits per heavy atom. The first kappa shape index (κ1) is 17.5. The van der Waals surface area contributed by atoms with Crippen LogP contribution in [0.15, 0.2) is 22.8 Å². The molecule has 130 valence electrons. The third-order valence-corrected chi connectivity index (χ3v) is 5.47. The standard InChI is InChI=1S/C19H24BrFN2O/c1-2-23-12-15(18-16(21)9-14(20)10-17(18)23)19(24)22-11-13-7-5-3-4-6-8-13/h9-10,12-13H,2-8,11H2,1H3,(H,22,24). The average Bonchev–Trinajstić information content (AvgIpc) is 2.74. The van der Waals surface area contributed by atoms with Gasteiger partial charge < -0.3 is 9.88 Å². The number of benzene rings is 1. The molecule has 0 bridgehead atoms. The van der Waals surface area contributed by atoms with Crippen LogP contribution in [0.5, 0.6) is 0 Å². The van der Waals surface area contributed by atoms with Gasteiger partial charge in [-0.15, -0.1) is 0 Å². The second kappa shape index (κ2) is 7.68. The zero-order chi connectivity index (χ0) is 17.1. The molecule has 1 amide bonds. The van der Waals surface area contributed by atoms with Gasteiger partial charge in [-0.3, -0.25) is 4.79 Å². The van der Waals surface area contributed by atoms with Gasteiger partial charge in [0.05, 0.1) is 11.1 Å². The highest BCUT2D eigenvalue weighted by Crippen LogP contribution is 2.28. The quantitative estimate of drug-likeness (QED) is 0.704. The van der Waals surface area contributed by atoms with E-state index >= 15 is 0 Å². The Balaban J connectivity index is 1.81. The van der Waals surface area contributed by atoms with Crippen molar-refractivity contribution in [3.05, 3.63) is 34.2 Å². The first-order chi connectivity index (χ1) is 11.6. The highest BCUT2D eigenvalue weighted by Gasteiger charge is 2.20. The summed E-state index contributed by atoms with van der Waals surface area (Å²) >= 11 is 3.33. The molecule has 24 heavy (non-hydrogen) atoms. The van der Waals surface area contributed by atoms with Gasteiger partial charge >= 0.3 is 0 Å². The van der Waals surface area contributed by atoms with Gasteiger partial charge in [-0.05, 0) is 37.8 Å². The van der Waals surface area contributed by atoms with Crippen molar-refractivity contribution in [2.24, 2.45) is 5.92 Å². The van der Waals surface area contributed by atoms with Gasteiger partial charge in [-0.25, -0.2) is 4.39 Å². The Morgan fingerprint density at radius 2 is 2.00 bits per heavy atom. The van der Waals surface area contributed by atoms with E-state index in [4.69, 9.17) is 0 Å². The molecule has 1 saturated carbocycles. The summed E-state index contributed by atoms with van der Waals surface area (Å²) in [6, 6.07) is 3.29. The van der Waals surface area contributed by atoms with Crippen molar-refractivity contribution in [1.29, 1.82) is 0 Å². The van der Waals surface area contributed by atoms with Gasteiger partial charge in [0.25, 0.3) is 5.91 Å². The number of fused-ring (bicyclic) bond motifs is 1. The number of rotatable bonds is 4. The molecule has 2 aromatic rings. The van der Waals surface area contributed by atoms with Crippen LogP contribution in [-0.4, -0.2) is 17.0 Å². The maximum atomic E-state index is 14.4. The first-order valence-corrected chi connectivity index (χ1v) is 9.65. The number of aromatic nitrogens is 1. The van der Waals surface area contributed by atoms with Crippen molar-refractivity contribution < 1.29 is 9.18 Å². The monoisotopic (exact) mass is 394 g/mol. The number of aryl methyl sites for hydroxylation is 1. The lowest BCUT2D eigenvalue weighted by Crippen LogP contribution is -2.29. The molecule has 1 fully saturated rings. The van der Waals surface area contributed by atoms with E-state index in [1.165, 1.54) is 44.6 Å². The van der Waals surface area contributed by atoms with E-state index in [2.05, 4.69) is 21.2 Å². The van der Waals surface area contributed by atoms with E-state index in [1.807, 2.05) is 17.6 Å². The molecule has 3 rings (SSSR count). The van der Waals surface area contributed by atoms with Gasteiger partial charge in [0, 0.05) is 29.1 Å². The van der Waals surface area contributed by atoms with Crippen LogP contribution in [0.4, 0.5) is 4.39 Å². The number of hydrogen-bond donors (Lipinski definition) is 1. The third-order valence-electron chi connectivity index (χ3n) is 5.01. The first-order valence-electron chi connectivity index (χ1n) is 8.86. The molecule has 1 aliphatic rings. The van der Waals surface area contributed by atoms with Crippen molar-refractivity contribution in [2.75, 3.05) is 6.54 Å². The highest BCUT2D eigenvalue weighted by molar-refractivity contribution is 9.10. The topological polar surface area (TPSA) is 34.0 Å². The zero-order valence-electron chi connectivity index (χ0n) is 14.1. The summed E-state index contributed by atoms with van der Waals surface area (Å²) in [4.78, 5) is 12.7. The van der Waals surface area contributed by atoms with Crippen molar-refractivity contribution in [2.45, 2.75) is 52.0 Å². The molecular formula is C19H24BrFN2O. The normalized spacial score (nSPS) is 16.3. The predicted molar refractivity (Wildman–Crippen MR) is 98.8 cm³/mol. The number of carbonyl (C=O) groups is 1. The van der Waals surface area contributed by atoms with Crippen molar-refractivity contribution >= 4 is 32.7 Å². The van der Waals surface area contributed by atoms with Crippen LogP contribution in [0, 0.1) is 11.7 Å². The molecule has 0 aliphatic heterocycles. The van der Waals surface area contributed by atoms with Crippen LogP contribution >= 0.6 is 15.9 Å². The Morgan fingerprint density at radius 1 is 1.29 bits per heavy atom. The minimum absolute atomic E-state index is 0.169. The van der Waals surface area contributed by atoms with Gasteiger partial charge in [-0.1, -0.05) is 41.6 Å². The number of hydrogen-bond acceptors (Lipinski definition) is 1. The lowest BCUT2D eigenvalue weighted by atomic mass is 10.0. The summed E-state index contributed by atoms with van der Waals surface area (Å²) in [6.45, 7) is 3.38. The zero-order valence-corrected chi connectivity index (χ0v) is 15.7. The van der Waals surface area contributed by atoms with Crippen LogP contribution in [0.2, 0.25) is 0 Å². The second-order valence-corrected chi connectivity index (χ2v) is 7.59. The predicted octanol–water partition coefficient (Wildman–Crippen LogP) is 5.26. The van der Waals surface area contributed by atoms with E-state index in [0.717, 1.165) is 5.52 Å². The molecule has 1 aliphatic carbocycles. The maximum Gasteiger partial charge on any atom is 0.253 e. The average molecular weight is 395 g/mol. The molecule has 0 saturated heterocycles. The highest BCUT2D eigenvalue weighted by atomic mass is 79.9. The van der Waals surface area contributed by atoms with Gasteiger partial charge in [0.15, 0.2) is 0 Å². The van der Waals surface area contributed by atoms with E-state index in [1.54, 1.807) is 6.20 Å². The number of nitrogens with zero attached hydrogens (tertiary/aromatic N) is 1. The molecule has 1 aromatic heterocycles. The van der Waals surface area contributed by atoms with Crippen molar-refractivity contribution in [3.63, 3.8) is 0 Å². The molecule has 1 aromatic carbocycles. The van der Waals surface area contributed by atoms with Crippen LogP contribution in [0.3, 0.4) is 0 Å². The van der Waals surface area contributed by atoms with E-state index in [9.17, 15) is 9.18 Å². The number of nitrogens with one attached hydrogen (secondary N) is 1. The Labute approximate surface area is 150 Å². The summed E-state index contributed by atoms with van der Waals surface area (Å²) in [5.41, 5.74) is 1.19. The third kappa shape index (κ3) is 3.66. The molecule has 0 atom stereocenters. The Kier molecular flexibility index (Phi) is 5.59. The van der Waals surface area contributed by atoms with E-state index in [0.29, 0.717) is 34.4 Å². The molecule has 1 heterocycles. The van der Waals surface area contributed by atoms with Crippen molar-refractivity contribution in [3.8, 4) is 0 Å². The van der Waals surface area contributed by atoms with E-state index < -0.39 is 0 Å². The van der Waals surface area contributed by atoms with Crippen LogP contribution in [0.1, 0.15) is 55.8 Å². The van der Waals surface area contributed by atoms with Crippen molar-refractivity contribution in [1.82, 2.24) is 9.88 Å². The molecule has 1 N–H and O–H groups in total. The summed E-state index contributed by atoms with van der Waals surface area (Å²) in [5.74, 6) is 0.0267. The molecule has 3 nitrogen and oxygen atoms in total. The Bertz CT molecular complexity index is 733. The molecule has 0 unspecified atom stereocenters. The van der Waals surface area contributed by atoms with Crippen LogP contribution in [-0.2, 0) is 6.54 Å². The maximum absolute atomic E-state index is 14.4. The SMILES string of the molecule is CCn1cc(C(=O)NCC2CCCCCC2)c2c(F)cc(Br)cc21. The summed E-state index contributed by atoms with van der Waals surface area (Å²) in [6.07, 6.45) is 9.22. The second-order valence-electron chi connectivity index (χ2n) is 6.68. The fourth-order valence-corrected chi connectivity index (χ4v) is 4.10. The van der Waals surface area contributed by atoms with Gasteiger partial charge in [0.1, 0.15) is 5.82 Å². The largest absolute Gasteiger partial charge is 0.352 e. The Hall–Kier alpha value is -1.36. The summed E-state index contributed by atoms with van der Waals surface area (Å²) < 4.78 is 17.0. The number of carbonyl (C=O) groups excluding carboxylic acids is 1. The fourth-order valence-electron chi connectivity index (χ4n) is 3.68. The smallest absolute Gasteiger partial charge is 0.253 e.